The third-order valence-corrected chi connectivity index (χ3v) is 2.28. The third-order valence-electron chi connectivity index (χ3n) is 2.28. The van der Waals surface area contributed by atoms with Crippen LogP contribution in [-0.4, -0.2) is 37.1 Å². The number of esters is 1. The molecule has 0 spiro atoms. The molecule has 0 bridgehead atoms. The van der Waals surface area contributed by atoms with Gasteiger partial charge in [0, 0.05) is 0 Å². The highest BCUT2D eigenvalue weighted by atomic mass is 35.5. The van der Waals surface area contributed by atoms with Crippen molar-refractivity contribution in [2.45, 2.75) is 33.7 Å². The normalized spacial score (nSPS) is 12.5. The minimum absolute atomic E-state index is 0. The van der Waals surface area contributed by atoms with Crippen LogP contribution >= 0.6 is 12.4 Å². The van der Waals surface area contributed by atoms with E-state index in [1.165, 1.54) is 7.11 Å². The van der Waals surface area contributed by atoms with Gasteiger partial charge in [0.1, 0.15) is 6.04 Å². The summed E-state index contributed by atoms with van der Waals surface area (Å²) < 4.78 is 4.78. The van der Waals surface area contributed by atoms with Crippen molar-refractivity contribution in [3.63, 3.8) is 0 Å². The number of ether oxygens (including phenoxy) is 1. The smallest absolute Gasteiger partial charge is 0.323 e. The molecule has 0 aliphatic carbocycles. The van der Waals surface area contributed by atoms with Gasteiger partial charge in [0.25, 0.3) is 0 Å². The molecule has 1 atom stereocenters. The van der Waals surface area contributed by atoms with Crippen LogP contribution in [0.25, 0.3) is 0 Å². The molecule has 0 aliphatic heterocycles. The molecular formula is C10H22ClNO2. The molecule has 0 fully saturated rings. The van der Waals surface area contributed by atoms with E-state index in [2.05, 4.69) is 18.7 Å². The molecule has 0 unspecified atom stereocenters. The van der Waals surface area contributed by atoms with E-state index in [9.17, 15) is 4.79 Å². The summed E-state index contributed by atoms with van der Waals surface area (Å²) in [6, 6.07) is -0.0972. The van der Waals surface area contributed by atoms with Crippen LogP contribution in [0.15, 0.2) is 0 Å². The Morgan fingerprint density at radius 1 is 1.29 bits per heavy atom. The van der Waals surface area contributed by atoms with Gasteiger partial charge >= 0.3 is 5.97 Å². The van der Waals surface area contributed by atoms with Gasteiger partial charge in [0.15, 0.2) is 0 Å². The average Bonchev–Trinajstić information content (AvgIpc) is 2.12. The van der Waals surface area contributed by atoms with Crippen LogP contribution in [0.4, 0.5) is 0 Å². The van der Waals surface area contributed by atoms with E-state index in [-0.39, 0.29) is 24.4 Å². The topological polar surface area (TPSA) is 29.5 Å². The fourth-order valence-electron chi connectivity index (χ4n) is 1.58. The predicted molar refractivity (Wildman–Crippen MR) is 60.8 cm³/mol. The molecule has 0 aromatic rings. The second-order valence-electron chi connectivity index (χ2n) is 3.43. The lowest BCUT2D eigenvalue weighted by molar-refractivity contribution is -0.148. The second kappa shape index (κ2) is 8.06. The molecule has 0 amide bonds. The lowest BCUT2D eigenvalue weighted by atomic mass is 10.0. The molecule has 0 aromatic heterocycles. The highest BCUT2D eigenvalue weighted by Crippen LogP contribution is 2.11. The van der Waals surface area contributed by atoms with Crippen LogP contribution in [0.2, 0.25) is 0 Å². The lowest BCUT2D eigenvalue weighted by Gasteiger charge is -2.30. The van der Waals surface area contributed by atoms with E-state index in [0.717, 1.165) is 13.1 Å². The number of carbonyl (C=O) groups is 1. The first-order valence-corrected chi connectivity index (χ1v) is 4.90. The van der Waals surface area contributed by atoms with E-state index in [1.807, 2.05) is 13.8 Å². The summed E-state index contributed by atoms with van der Waals surface area (Å²) in [5.41, 5.74) is 0. The summed E-state index contributed by atoms with van der Waals surface area (Å²) in [4.78, 5) is 13.6. The molecular weight excluding hydrogens is 202 g/mol. The second-order valence-corrected chi connectivity index (χ2v) is 3.43. The van der Waals surface area contributed by atoms with Crippen molar-refractivity contribution in [3.8, 4) is 0 Å². The first-order valence-electron chi connectivity index (χ1n) is 4.90. The van der Waals surface area contributed by atoms with Crippen LogP contribution in [0.1, 0.15) is 27.7 Å². The Balaban J connectivity index is 0. The molecule has 0 N–H and O–H groups in total. The molecule has 0 saturated carbocycles. The maximum atomic E-state index is 11.4. The van der Waals surface area contributed by atoms with Crippen LogP contribution in [0.3, 0.4) is 0 Å². The first kappa shape index (κ1) is 16.2. The van der Waals surface area contributed by atoms with Gasteiger partial charge in [-0.15, -0.1) is 12.4 Å². The van der Waals surface area contributed by atoms with E-state index >= 15 is 0 Å². The van der Waals surface area contributed by atoms with Gasteiger partial charge in [-0.25, -0.2) is 0 Å². The van der Waals surface area contributed by atoms with Crippen LogP contribution in [0.5, 0.6) is 0 Å². The van der Waals surface area contributed by atoms with Crippen LogP contribution in [0, 0.1) is 5.92 Å². The zero-order valence-electron chi connectivity index (χ0n) is 9.74. The van der Waals surface area contributed by atoms with Crippen molar-refractivity contribution in [1.29, 1.82) is 0 Å². The fourth-order valence-corrected chi connectivity index (χ4v) is 1.58. The number of methoxy groups -OCH3 is 1. The van der Waals surface area contributed by atoms with E-state index < -0.39 is 0 Å². The summed E-state index contributed by atoms with van der Waals surface area (Å²) in [6.45, 7) is 9.96. The van der Waals surface area contributed by atoms with Crippen molar-refractivity contribution in [3.05, 3.63) is 0 Å². The molecule has 0 saturated heterocycles. The number of hydrogen-bond donors (Lipinski definition) is 0. The maximum Gasteiger partial charge on any atom is 0.323 e. The largest absolute Gasteiger partial charge is 0.468 e. The van der Waals surface area contributed by atoms with Gasteiger partial charge in [-0.05, 0) is 19.0 Å². The zero-order valence-corrected chi connectivity index (χ0v) is 10.6. The standard InChI is InChI=1S/C10H21NO2.ClH/c1-6-11(7-2)9(8(3)4)10(12)13-5;/h8-9H,6-7H2,1-5H3;1H/t9-;/m0./s1. The third kappa shape index (κ3) is 4.29. The highest BCUT2D eigenvalue weighted by Gasteiger charge is 2.27. The Kier molecular flexibility index (Phi) is 9.31. The van der Waals surface area contributed by atoms with Gasteiger partial charge in [-0.2, -0.15) is 0 Å². The Hall–Kier alpha value is -0.280. The zero-order chi connectivity index (χ0) is 10.4. The highest BCUT2D eigenvalue weighted by molar-refractivity contribution is 5.85. The van der Waals surface area contributed by atoms with E-state index in [0.29, 0.717) is 5.92 Å². The van der Waals surface area contributed by atoms with Crippen molar-refractivity contribution in [1.82, 2.24) is 4.90 Å². The minimum atomic E-state index is -0.126. The number of likely N-dealkylation sites (N-methyl/N-ethyl adjacent to an activating group) is 1. The minimum Gasteiger partial charge on any atom is -0.468 e. The number of rotatable bonds is 5. The molecule has 0 radical (unpaired) electrons. The molecule has 0 aromatic carbocycles. The number of hydrogen-bond acceptors (Lipinski definition) is 3. The first-order chi connectivity index (χ1) is 6.08. The van der Waals surface area contributed by atoms with Gasteiger partial charge in [0.05, 0.1) is 7.11 Å². The van der Waals surface area contributed by atoms with Gasteiger partial charge < -0.3 is 4.74 Å². The predicted octanol–water partition coefficient (Wildman–Crippen LogP) is 1.95. The summed E-state index contributed by atoms with van der Waals surface area (Å²) in [5, 5.41) is 0. The lowest BCUT2D eigenvalue weighted by Crippen LogP contribution is -2.45. The molecule has 14 heavy (non-hydrogen) atoms. The maximum absolute atomic E-state index is 11.4. The summed E-state index contributed by atoms with van der Waals surface area (Å²) in [6.07, 6.45) is 0. The Labute approximate surface area is 93.2 Å². The van der Waals surface area contributed by atoms with Gasteiger partial charge in [0.2, 0.25) is 0 Å². The van der Waals surface area contributed by atoms with E-state index in [4.69, 9.17) is 4.74 Å². The van der Waals surface area contributed by atoms with Crippen molar-refractivity contribution < 1.29 is 9.53 Å². The van der Waals surface area contributed by atoms with Gasteiger partial charge in [-0.3, -0.25) is 9.69 Å². The SMILES string of the molecule is CCN(CC)[C@H](C(=O)OC)C(C)C.Cl. The monoisotopic (exact) mass is 223 g/mol. The van der Waals surface area contributed by atoms with Crippen molar-refractivity contribution in [2.75, 3.05) is 20.2 Å². The van der Waals surface area contributed by atoms with Crippen LogP contribution < -0.4 is 0 Å². The Bertz CT molecular complexity index is 158. The fraction of sp³-hybridized carbons (Fsp3) is 0.900. The molecule has 0 rings (SSSR count). The summed E-state index contributed by atoms with van der Waals surface area (Å²) in [7, 11) is 1.45. The summed E-state index contributed by atoms with van der Waals surface area (Å²) in [5.74, 6) is 0.172. The van der Waals surface area contributed by atoms with Gasteiger partial charge in [-0.1, -0.05) is 27.7 Å². The van der Waals surface area contributed by atoms with Crippen molar-refractivity contribution in [2.24, 2.45) is 5.92 Å². The number of nitrogens with zero attached hydrogens (tertiary/aromatic N) is 1. The number of carbonyl (C=O) groups excluding carboxylic acids is 1. The molecule has 4 heteroatoms. The van der Waals surface area contributed by atoms with Crippen LogP contribution in [-0.2, 0) is 9.53 Å². The molecule has 86 valence electrons. The van der Waals surface area contributed by atoms with E-state index in [1.54, 1.807) is 0 Å². The summed E-state index contributed by atoms with van der Waals surface area (Å²) >= 11 is 0. The Morgan fingerprint density at radius 3 is 1.93 bits per heavy atom. The van der Waals surface area contributed by atoms with Crippen molar-refractivity contribution >= 4 is 18.4 Å². The molecule has 0 aliphatic rings. The quantitative estimate of drug-likeness (QED) is 0.668. The molecule has 0 heterocycles. The average molecular weight is 224 g/mol. The Morgan fingerprint density at radius 2 is 1.71 bits per heavy atom. The molecule has 3 nitrogen and oxygen atoms in total. The number of halogens is 1.